The van der Waals surface area contributed by atoms with Crippen LogP contribution in [-0.4, -0.2) is 49.6 Å². The molecule has 0 radical (unpaired) electrons. The summed E-state index contributed by atoms with van der Waals surface area (Å²) in [5, 5.41) is 0. The maximum atomic E-state index is 12.9. The molecule has 1 aromatic carbocycles. The van der Waals surface area contributed by atoms with Crippen molar-refractivity contribution in [1.82, 2.24) is 15.8 Å². The van der Waals surface area contributed by atoms with Crippen molar-refractivity contribution in [3.05, 3.63) is 29.3 Å². The Balaban J connectivity index is 1.33. The molecule has 4 rings (SSSR count). The van der Waals surface area contributed by atoms with Gasteiger partial charge in [-0.25, -0.2) is 0 Å². The minimum absolute atomic E-state index is 0.219. The average Bonchev–Trinajstić information content (AvgIpc) is 3.34. The minimum Gasteiger partial charge on any atom is -0.311 e. The number of amides is 1. The highest BCUT2D eigenvalue weighted by Crippen LogP contribution is 2.35. The topological polar surface area (TPSA) is 47.6 Å². The van der Waals surface area contributed by atoms with Gasteiger partial charge in [-0.1, -0.05) is 17.7 Å². The molecular formula is C20H30N4O. The van der Waals surface area contributed by atoms with E-state index in [0.717, 1.165) is 37.5 Å². The van der Waals surface area contributed by atoms with E-state index in [-0.39, 0.29) is 5.91 Å². The molecule has 2 N–H and O–H groups in total. The van der Waals surface area contributed by atoms with E-state index < -0.39 is 0 Å². The second-order valence-corrected chi connectivity index (χ2v) is 8.14. The molecule has 1 aliphatic carbocycles. The molecule has 5 nitrogen and oxygen atoms in total. The zero-order chi connectivity index (χ0) is 17.4. The summed E-state index contributed by atoms with van der Waals surface area (Å²) in [7, 11) is 2.06. The molecular weight excluding hydrogens is 312 g/mol. The first-order valence-corrected chi connectivity index (χ1v) is 9.69. The standard InChI is InChI=1S/C20H30N4O/c1-14-5-8-19-16(10-14)4-3-9-24(19)20(25)13-23(2)12-17-11-18(22-21-17)15-6-7-15/h5,8,10,15,17-18,21-22H,3-4,6-7,9,11-13H2,1-2H3. The van der Waals surface area contributed by atoms with Gasteiger partial charge in [-0.15, -0.1) is 0 Å². The highest BCUT2D eigenvalue weighted by molar-refractivity contribution is 5.96. The van der Waals surface area contributed by atoms with Crippen molar-refractivity contribution < 1.29 is 4.79 Å². The van der Waals surface area contributed by atoms with Gasteiger partial charge in [0.15, 0.2) is 0 Å². The molecule has 1 amide bonds. The van der Waals surface area contributed by atoms with Gasteiger partial charge in [-0.05, 0) is 63.6 Å². The predicted molar refractivity (Wildman–Crippen MR) is 101 cm³/mol. The van der Waals surface area contributed by atoms with Crippen LogP contribution in [0.2, 0.25) is 0 Å². The molecule has 2 fully saturated rings. The molecule has 2 heterocycles. The van der Waals surface area contributed by atoms with E-state index in [4.69, 9.17) is 0 Å². The van der Waals surface area contributed by atoms with Crippen molar-refractivity contribution in [3.63, 3.8) is 0 Å². The van der Waals surface area contributed by atoms with E-state index in [2.05, 4.69) is 47.9 Å². The number of hydrazine groups is 1. The Hall–Kier alpha value is -1.43. The van der Waals surface area contributed by atoms with Crippen molar-refractivity contribution >= 4 is 11.6 Å². The molecule has 2 atom stereocenters. The van der Waals surface area contributed by atoms with E-state index in [1.807, 2.05) is 4.90 Å². The Morgan fingerprint density at radius 2 is 2.16 bits per heavy atom. The SMILES string of the molecule is Cc1ccc2c(c1)CCCN2C(=O)CN(C)CC1CC(C2CC2)NN1. The van der Waals surface area contributed by atoms with E-state index in [9.17, 15) is 4.79 Å². The number of carbonyl (C=O) groups excluding carboxylic acids is 1. The number of carbonyl (C=O) groups is 1. The lowest BCUT2D eigenvalue weighted by Gasteiger charge is -2.31. The van der Waals surface area contributed by atoms with Gasteiger partial charge in [-0.3, -0.25) is 20.5 Å². The Labute approximate surface area is 150 Å². The summed E-state index contributed by atoms with van der Waals surface area (Å²) in [6.07, 6.45) is 6.05. The van der Waals surface area contributed by atoms with Crippen LogP contribution in [0.15, 0.2) is 18.2 Å². The molecule has 5 heteroatoms. The summed E-state index contributed by atoms with van der Waals surface area (Å²) in [4.78, 5) is 17.0. The summed E-state index contributed by atoms with van der Waals surface area (Å²) in [6.45, 7) is 4.36. The fourth-order valence-corrected chi connectivity index (χ4v) is 4.32. The van der Waals surface area contributed by atoms with Crippen LogP contribution in [0.5, 0.6) is 0 Å². The third kappa shape index (κ3) is 3.89. The summed E-state index contributed by atoms with van der Waals surface area (Å²) >= 11 is 0. The van der Waals surface area contributed by atoms with Crippen LogP contribution in [-0.2, 0) is 11.2 Å². The van der Waals surface area contributed by atoms with Crippen molar-refractivity contribution in [3.8, 4) is 0 Å². The third-order valence-corrected chi connectivity index (χ3v) is 5.79. The largest absolute Gasteiger partial charge is 0.311 e. The first kappa shape index (κ1) is 17.0. The maximum Gasteiger partial charge on any atom is 0.241 e. The number of fused-ring (bicyclic) bond motifs is 1. The van der Waals surface area contributed by atoms with Gasteiger partial charge in [-0.2, -0.15) is 0 Å². The molecule has 2 aliphatic heterocycles. The van der Waals surface area contributed by atoms with E-state index in [0.29, 0.717) is 18.6 Å². The van der Waals surface area contributed by atoms with Crippen molar-refractivity contribution in [2.75, 3.05) is 31.6 Å². The summed E-state index contributed by atoms with van der Waals surface area (Å²) in [5.74, 6) is 1.09. The number of hydrogen-bond acceptors (Lipinski definition) is 4. The highest BCUT2D eigenvalue weighted by Gasteiger charge is 2.36. The van der Waals surface area contributed by atoms with Crippen LogP contribution in [0.3, 0.4) is 0 Å². The Morgan fingerprint density at radius 3 is 2.96 bits per heavy atom. The molecule has 0 aromatic heterocycles. The van der Waals surface area contributed by atoms with Gasteiger partial charge < -0.3 is 4.90 Å². The maximum absolute atomic E-state index is 12.9. The van der Waals surface area contributed by atoms with Gasteiger partial charge in [0.05, 0.1) is 6.54 Å². The van der Waals surface area contributed by atoms with Gasteiger partial charge in [0.2, 0.25) is 5.91 Å². The van der Waals surface area contributed by atoms with Gasteiger partial charge >= 0.3 is 0 Å². The second-order valence-electron chi connectivity index (χ2n) is 8.14. The second kappa shape index (κ2) is 7.06. The first-order chi connectivity index (χ1) is 12.1. The molecule has 1 aromatic rings. The van der Waals surface area contributed by atoms with Crippen LogP contribution in [0.4, 0.5) is 5.69 Å². The Morgan fingerprint density at radius 1 is 1.32 bits per heavy atom. The van der Waals surface area contributed by atoms with Crippen LogP contribution in [0, 0.1) is 12.8 Å². The first-order valence-electron chi connectivity index (χ1n) is 9.69. The van der Waals surface area contributed by atoms with Crippen molar-refractivity contribution in [2.24, 2.45) is 5.92 Å². The molecule has 1 saturated carbocycles. The monoisotopic (exact) mass is 342 g/mol. The van der Waals surface area contributed by atoms with E-state index >= 15 is 0 Å². The number of benzene rings is 1. The average molecular weight is 342 g/mol. The van der Waals surface area contributed by atoms with E-state index in [1.165, 1.54) is 30.4 Å². The molecule has 0 bridgehead atoms. The number of hydrogen-bond donors (Lipinski definition) is 2. The zero-order valence-corrected chi connectivity index (χ0v) is 15.4. The predicted octanol–water partition coefficient (Wildman–Crippen LogP) is 1.85. The smallest absolute Gasteiger partial charge is 0.241 e. The summed E-state index contributed by atoms with van der Waals surface area (Å²) < 4.78 is 0. The highest BCUT2D eigenvalue weighted by atomic mass is 16.2. The molecule has 2 unspecified atom stereocenters. The fourth-order valence-electron chi connectivity index (χ4n) is 4.32. The third-order valence-electron chi connectivity index (χ3n) is 5.79. The number of nitrogens with one attached hydrogen (secondary N) is 2. The molecule has 1 saturated heterocycles. The van der Waals surface area contributed by atoms with Gasteiger partial charge in [0.1, 0.15) is 0 Å². The fraction of sp³-hybridized carbons (Fsp3) is 0.650. The van der Waals surface area contributed by atoms with Crippen LogP contribution >= 0.6 is 0 Å². The Kier molecular flexibility index (Phi) is 4.80. The summed E-state index contributed by atoms with van der Waals surface area (Å²) in [5.41, 5.74) is 10.6. The van der Waals surface area contributed by atoms with E-state index in [1.54, 1.807) is 0 Å². The lowest BCUT2D eigenvalue weighted by molar-refractivity contribution is -0.119. The quantitative estimate of drug-likeness (QED) is 0.857. The number of aryl methyl sites for hydroxylation is 2. The Bertz CT molecular complexity index is 643. The lowest BCUT2D eigenvalue weighted by Crippen LogP contribution is -2.45. The molecule has 0 spiro atoms. The minimum atomic E-state index is 0.219. The number of nitrogens with zero attached hydrogens (tertiary/aromatic N) is 2. The molecule has 136 valence electrons. The molecule has 25 heavy (non-hydrogen) atoms. The number of likely N-dealkylation sites (N-methyl/N-ethyl adjacent to an activating group) is 1. The normalized spacial score (nSPS) is 26.1. The van der Waals surface area contributed by atoms with Gasteiger partial charge in [0.25, 0.3) is 0 Å². The number of rotatable bonds is 5. The molecule has 3 aliphatic rings. The van der Waals surface area contributed by atoms with Gasteiger partial charge in [0, 0.05) is 30.9 Å². The van der Waals surface area contributed by atoms with Crippen molar-refractivity contribution in [2.45, 2.75) is 51.1 Å². The van der Waals surface area contributed by atoms with Crippen LogP contribution in [0.25, 0.3) is 0 Å². The lowest BCUT2D eigenvalue weighted by atomic mass is 9.99. The van der Waals surface area contributed by atoms with Crippen LogP contribution < -0.4 is 15.8 Å². The summed E-state index contributed by atoms with van der Waals surface area (Å²) in [6, 6.07) is 7.53. The van der Waals surface area contributed by atoms with Crippen LogP contribution in [0.1, 0.15) is 36.8 Å². The number of anilines is 1. The van der Waals surface area contributed by atoms with Crippen molar-refractivity contribution in [1.29, 1.82) is 0 Å². The zero-order valence-electron chi connectivity index (χ0n) is 15.4.